The van der Waals surface area contributed by atoms with Crippen molar-refractivity contribution in [2.45, 2.75) is 23.2 Å². The smallest absolute Gasteiger partial charge is 0.327 e. The van der Waals surface area contributed by atoms with Gasteiger partial charge in [-0.05, 0) is 30.8 Å². The van der Waals surface area contributed by atoms with Crippen LogP contribution < -0.4 is 0 Å². The average Bonchev–Trinajstić information content (AvgIpc) is 2.19. The Morgan fingerprint density at radius 3 is 2.47 bits per heavy atom. The Morgan fingerprint density at radius 2 is 1.93 bits per heavy atom. The number of thioether (sulfide) groups is 1. The van der Waals surface area contributed by atoms with Gasteiger partial charge in [-0.15, -0.1) is 0 Å². The third kappa shape index (κ3) is 3.64. The van der Waals surface area contributed by atoms with Crippen molar-refractivity contribution in [2.75, 3.05) is 0 Å². The molecule has 0 spiro atoms. The molecule has 0 saturated carbocycles. The van der Waals surface area contributed by atoms with Crippen LogP contribution in [-0.2, 0) is 0 Å². The van der Waals surface area contributed by atoms with E-state index in [1.54, 1.807) is 37.3 Å². The monoisotopic (exact) mass is 230 g/mol. The van der Waals surface area contributed by atoms with Crippen molar-refractivity contribution < 1.29 is 13.9 Å². The van der Waals surface area contributed by atoms with E-state index < -0.39 is 11.4 Å². The van der Waals surface area contributed by atoms with Gasteiger partial charge in [-0.3, -0.25) is 0 Å². The number of aliphatic hydroxyl groups is 1. The summed E-state index contributed by atoms with van der Waals surface area (Å²) in [6, 6.07) is 8.29. The highest BCUT2D eigenvalue weighted by atomic mass is 32.2. The molecule has 82 valence electrons. The van der Waals surface area contributed by atoms with Crippen LogP contribution in [0.5, 0.6) is 0 Å². The van der Waals surface area contributed by atoms with Crippen LogP contribution in [0.25, 0.3) is 0 Å². The van der Waals surface area contributed by atoms with Gasteiger partial charge >= 0.3 is 5.25 Å². The molecule has 15 heavy (non-hydrogen) atoms. The molecule has 1 aromatic carbocycles. The van der Waals surface area contributed by atoms with Crippen molar-refractivity contribution in [2.24, 2.45) is 0 Å². The van der Waals surface area contributed by atoms with Crippen LogP contribution in [0.3, 0.4) is 0 Å². The highest BCUT2D eigenvalue weighted by molar-refractivity contribution is 8.00. The molecule has 1 N–H and O–H groups in total. The number of aliphatic hydroxyl groups excluding tert-OH is 1. The van der Waals surface area contributed by atoms with E-state index in [1.807, 2.05) is 0 Å². The first-order chi connectivity index (χ1) is 7.06. The zero-order valence-corrected chi connectivity index (χ0v) is 9.05. The largest absolute Gasteiger partial charge is 0.382 e. The molecular weight excluding hydrogens is 218 g/mol. The third-order valence-corrected chi connectivity index (χ3v) is 2.74. The lowest BCUT2D eigenvalue weighted by Crippen LogP contribution is -2.27. The van der Waals surface area contributed by atoms with Gasteiger partial charge in [0.05, 0.1) is 0 Å². The maximum Gasteiger partial charge on any atom is 0.327 e. The summed E-state index contributed by atoms with van der Waals surface area (Å²) in [6.45, 7) is 1.59. The normalized spacial score (nSPS) is 14.4. The van der Waals surface area contributed by atoms with Gasteiger partial charge in [-0.2, -0.15) is 8.78 Å². The summed E-state index contributed by atoms with van der Waals surface area (Å²) in [5.74, 6) is 0. The van der Waals surface area contributed by atoms with Gasteiger partial charge in [0, 0.05) is 4.90 Å². The highest BCUT2D eigenvalue weighted by Gasteiger charge is 2.37. The number of halogens is 2. The Morgan fingerprint density at radius 1 is 1.33 bits per heavy atom. The fraction of sp³-hybridized carbons (Fsp3) is 0.273. The molecular formula is C11H12F2OS. The molecule has 1 aromatic rings. The Balaban J connectivity index is 2.72. The van der Waals surface area contributed by atoms with Crippen molar-refractivity contribution in [3.8, 4) is 0 Å². The molecule has 4 heteroatoms. The molecule has 1 nitrogen and oxygen atoms in total. The Bertz CT molecular complexity index is 325. The van der Waals surface area contributed by atoms with E-state index in [0.717, 1.165) is 6.08 Å². The minimum absolute atomic E-state index is 0.359. The molecule has 0 saturated heterocycles. The van der Waals surface area contributed by atoms with Gasteiger partial charge in [-0.25, -0.2) is 0 Å². The predicted octanol–water partition coefficient (Wildman–Crippen LogP) is 3.31. The van der Waals surface area contributed by atoms with Crippen molar-refractivity contribution in [3.05, 3.63) is 42.5 Å². The minimum Gasteiger partial charge on any atom is -0.382 e. The van der Waals surface area contributed by atoms with E-state index in [0.29, 0.717) is 16.7 Å². The Labute approximate surface area is 91.8 Å². The standard InChI is InChI=1S/C11H12F2OS/c1-2-6-10(14)11(12,13)15-9-7-4-3-5-8-9/h2-8,10,14H,1H3/b6-2+. The summed E-state index contributed by atoms with van der Waals surface area (Å²) in [5, 5.41) is 5.98. The minimum atomic E-state index is -3.20. The number of alkyl halides is 2. The van der Waals surface area contributed by atoms with Crippen molar-refractivity contribution in [1.29, 1.82) is 0 Å². The van der Waals surface area contributed by atoms with E-state index in [4.69, 9.17) is 0 Å². The molecule has 0 aromatic heterocycles. The van der Waals surface area contributed by atoms with Crippen LogP contribution in [0.2, 0.25) is 0 Å². The topological polar surface area (TPSA) is 20.2 Å². The number of rotatable bonds is 4. The first-order valence-corrected chi connectivity index (χ1v) is 5.30. The van der Waals surface area contributed by atoms with Crippen molar-refractivity contribution >= 4 is 11.8 Å². The zero-order chi connectivity index (χ0) is 11.3. The molecule has 0 aliphatic heterocycles. The van der Waals surface area contributed by atoms with E-state index in [-0.39, 0.29) is 0 Å². The van der Waals surface area contributed by atoms with E-state index in [9.17, 15) is 13.9 Å². The second-order valence-corrected chi connectivity index (χ2v) is 4.17. The van der Waals surface area contributed by atoms with Gasteiger partial charge in [0.25, 0.3) is 0 Å². The molecule has 1 rings (SSSR count). The van der Waals surface area contributed by atoms with Crippen LogP contribution in [0.4, 0.5) is 8.78 Å². The maximum atomic E-state index is 13.4. The molecule has 1 unspecified atom stereocenters. The SMILES string of the molecule is C/C=C/C(O)C(F)(F)Sc1ccccc1. The van der Waals surface area contributed by atoms with E-state index >= 15 is 0 Å². The summed E-state index contributed by atoms with van der Waals surface area (Å²) in [6.07, 6.45) is 0.729. The molecule has 0 aliphatic rings. The predicted molar refractivity (Wildman–Crippen MR) is 58.1 cm³/mol. The summed E-state index contributed by atoms with van der Waals surface area (Å²) in [7, 11) is 0. The van der Waals surface area contributed by atoms with Crippen molar-refractivity contribution in [3.63, 3.8) is 0 Å². The average molecular weight is 230 g/mol. The number of benzene rings is 1. The second-order valence-electron chi connectivity index (χ2n) is 2.95. The van der Waals surface area contributed by atoms with Gasteiger partial charge in [0.15, 0.2) is 0 Å². The summed E-state index contributed by atoms with van der Waals surface area (Å²) < 4.78 is 26.7. The molecule has 0 fully saturated rings. The first-order valence-electron chi connectivity index (χ1n) is 4.49. The molecule has 0 radical (unpaired) electrons. The molecule has 0 bridgehead atoms. The first kappa shape index (κ1) is 12.2. The molecule has 0 aliphatic carbocycles. The Hall–Kier alpha value is -0.870. The fourth-order valence-corrected chi connectivity index (χ4v) is 1.81. The van der Waals surface area contributed by atoms with Crippen LogP contribution in [-0.4, -0.2) is 16.5 Å². The maximum absolute atomic E-state index is 13.4. The van der Waals surface area contributed by atoms with Crippen LogP contribution in [0.15, 0.2) is 47.4 Å². The summed E-state index contributed by atoms with van der Waals surface area (Å²) in [4.78, 5) is 0.436. The number of hydrogen-bond acceptors (Lipinski definition) is 2. The fourth-order valence-electron chi connectivity index (χ4n) is 1.00. The Kier molecular flexibility index (Phi) is 4.29. The van der Waals surface area contributed by atoms with Crippen LogP contribution >= 0.6 is 11.8 Å². The quantitative estimate of drug-likeness (QED) is 0.632. The van der Waals surface area contributed by atoms with Gasteiger partial charge < -0.3 is 5.11 Å². The molecule has 0 heterocycles. The summed E-state index contributed by atoms with van der Waals surface area (Å²) >= 11 is 0.359. The van der Waals surface area contributed by atoms with Gasteiger partial charge in [0.2, 0.25) is 0 Å². The van der Waals surface area contributed by atoms with Gasteiger partial charge in [0.1, 0.15) is 6.10 Å². The molecule has 0 amide bonds. The second kappa shape index (κ2) is 5.28. The van der Waals surface area contributed by atoms with Gasteiger partial charge in [-0.1, -0.05) is 30.4 Å². The lowest BCUT2D eigenvalue weighted by atomic mass is 10.3. The van der Waals surface area contributed by atoms with E-state index in [1.165, 1.54) is 6.08 Å². The lowest BCUT2D eigenvalue weighted by Gasteiger charge is -2.19. The lowest BCUT2D eigenvalue weighted by molar-refractivity contribution is -0.00714. The summed E-state index contributed by atoms with van der Waals surface area (Å²) in [5.41, 5.74) is 0. The van der Waals surface area contributed by atoms with E-state index in [2.05, 4.69) is 0 Å². The number of allylic oxidation sites excluding steroid dienone is 1. The highest BCUT2D eigenvalue weighted by Crippen LogP contribution is 2.38. The van der Waals surface area contributed by atoms with Crippen LogP contribution in [0.1, 0.15) is 6.92 Å². The number of hydrogen-bond donors (Lipinski definition) is 1. The van der Waals surface area contributed by atoms with Crippen LogP contribution in [0, 0.1) is 0 Å². The molecule has 1 atom stereocenters. The third-order valence-electron chi connectivity index (χ3n) is 1.72. The zero-order valence-electron chi connectivity index (χ0n) is 8.23. The van der Waals surface area contributed by atoms with Crippen molar-refractivity contribution in [1.82, 2.24) is 0 Å².